The van der Waals surface area contributed by atoms with Crippen molar-refractivity contribution in [3.05, 3.63) is 42.2 Å². The molecule has 0 amide bonds. The molecule has 0 radical (unpaired) electrons. The van der Waals surface area contributed by atoms with Crippen LogP contribution < -0.4 is 9.14 Å². The third-order valence-electron chi connectivity index (χ3n) is 3.40. The summed E-state index contributed by atoms with van der Waals surface area (Å²) in [6.45, 7) is 1.97. The number of fused-ring (bicyclic) bond motifs is 2. The standard InChI is InChI=1S/C15H13NO3/c1-9-11-5-3-4-6-16(11)8-10-7-12(17)14(18)15(19-2)13(9)10/h3-8,17H,1-2H3/p+1. The Labute approximate surface area is 110 Å². The molecule has 0 spiro atoms. The lowest BCUT2D eigenvalue weighted by Crippen LogP contribution is -2.21. The van der Waals surface area contributed by atoms with E-state index in [1.807, 2.05) is 41.9 Å². The fourth-order valence-electron chi connectivity index (χ4n) is 2.51. The highest BCUT2D eigenvalue weighted by atomic mass is 16.5. The van der Waals surface area contributed by atoms with Gasteiger partial charge in [-0.3, -0.25) is 0 Å². The largest absolute Gasteiger partial charge is 0.504 e. The lowest BCUT2D eigenvalue weighted by atomic mass is 10.0. The molecule has 4 nitrogen and oxygen atoms in total. The van der Waals surface area contributed by atoms with E-state index in [1.165, 1.54) is 7.11 Å². The van der Waals surface area contributed by atoms with Crippen molar-refractivity contribution in [3.8, 4) is 17.2 Å². The minimum absolute atomic E-state index is 0.181. The van der Waals surface area contributed by atoms with Crippen LogP contribution in [0.2, 0.25) is 0 Å². The van der Waals surface area contributed by atoms with Gasteiger partial charge in [0.25, 0.3) is 0 Å². The van der Waals surface area contributed by atoms with Crippen LogP contribution in [0.5, 0.6) is 17.2 Å². The molecule has 0 saturated heterocycles. The molecule has 2 heterocycles. The molecule has 96 valence electrons. The monoisotopic (exact) mass is 256 g/mol. The van der Waals surface area contributed by atoms with Crippen LogP contribution in [0.4, 0.5) is 0 Å². The van der Waals surface area contributed by atoms with Gasteiger partial charge in [0.1, 0.15) is 0 Å². The van der Waals surface area contributed by atoms with Crippen LogP contribution in [-0.2, 0) is 0 Å². The molecule has 2 aromatic heterocycles. The van der Waals surface area contributed by atoms with Crippen LogP contribution in [0.25, 0.3) is 16.3 Å². The fraction of sp³-hybridized carbons (Fsp3) is 0.133. The first-order chi connectivity index (χ1) is 9.13. The molecule has 2 N–H and O–H groups in total. The number of pyridine rings is 2. The van der Waals surface area contributed by atoms with Crippen molar-refractivity contribution in [1.29, 1.82) is 0 Å². The van der Waals surface area contributed by atoms with Crippen LogP contribution in [0.15, 0.2) is 36.7 Å². The van der Waals surface area contributed by atoms with Gasteiger partial charge in [-0.1, -0.05) is 0 Å². The number of hydrogen-bond donors (Lipinski definition) is 2. The van der Waals surface area contributed by atoms with Gasteiger partial charge in [-0.25, -0.2) is 0 Å². The average molecular weight is 256 g/mol. The Kier molecular flexibility index (Phi) is 2.45. The molecule has 0 aliphatic rings. The lowest BCUT2D eigenvalue weighted by Gasteiger charge is -2.10. The Bertz CT molecular complexity index is 796. The third-order valence-corrected chi connectivity index (χ3v) is 3.40. The molecule has 0 bridgehead atoms. The highest BCUT2D eigenvalue weighted by Crippen LogP contribution is 2.43. The van der Waals surface area contributed by atoms with E-state index >= 15 is 0 Å². The van der Waals surface area contributed by atoms with Gasteiger partial charge in [0, 0.05) is 23.1 Å². The van der Waals surface area contributed by atoms with Crippen LogP contribution >= 0.6 is 0 Å². The predicted octanol–water partition coefficient (Wildman–Crippen LogP) is 2.31. The molecule has 0 aliphatic carbocycles. The van der Waals surface area contributed by atoms with Crippen LogP contribution in [0.1, 0.15) is 5.56 Å². The second-order valence-corrected chi connectivity index (χ2v) is 4.49. The van der Waals surface area contributed by atoms with Crippen molar-refractivity contribution in [2.24, 2.45) is 0 Å². The van der Waals surface area contributed by atoms with Crippen molar-refractivity contribution in [1.82, 2.24) is 0 Å². The Hall–Kier alpha value is -2.49. The van der Waals surface area contributed by atoms with Crippen molar-refractivity contribution in [2.75, 3.05) is 7.11 Å². The molecular weight excluding hydrogens is 242 g/mol. The lowest BCUT2D eigenvalue weighted by molar-refractivity contribution is -0.510. The van der Waals surface area contributed by atoms with E-state index in [2.05, 4.69) is 0 Å². The number of phenolic OH excluding ortho intramolecular Hbond substituents is 2. The Morgan fingerprint density at radius 1 is 1.21 bits per heavy atom. The van der Waals surface area contributed by atoms with Gasteiger partial charge in [-0.2, -0.15) is 4.40 Å². The summed E-state index contributed by atoms with van der Waals surface area (Å²) in [5, 5.41) is 21.3. The molecule has 4 heteroatoms. The van der Waals surface area contributed by atoms with E-state index in [0.29, 0.717) is 5.75 Å². The number of rotatable bonds is 1. The average Bonchev–Trinajstić information content (AvgIpc) is 2.41. The summed E-state index contributed by atoms with van der Waals surface area (Å²) in [6, 6.07) is 7.44. The Balaban J connectivity index is 2.58. The predicted molar refractivity (Wildman–Crippen MR) is 71.7 cm³/mol. The van der Waals surface area contributed by atoms with E-state index in [9.17, 15) is 10.2 Å². The van der Waals surface area contributed by atoms with Crippen molar-refractivity contribution in [3.63, 3.8) is 0 Å². The molecule has 19 heavy (non-hydrogen) atoms. The number of phenols is 2. The summed E-state index contributed by atoms with van der Waals surface area (Å²) in [7, 11) is 1.48. The summed E-state index contributed by atoms with van der Waals surface area (Å²) in [5.74, 6) is -0.100. The number of benzene rings is 1. The van der Waals surface area contributed by atoms with E-state index in [-0.39, 0.29) is 11.5 Å². The normalized spacial score (nSPS) is 11.1. The minimum atomic E-state index is -0.224. The number of methoxy groups -OCH3 is 1. The number of hydrogen-bond acceptors (Lipinski definition) is 3. The molecule has 0 saturated carbocycles. The number of aryl methyl sites for hydroxylation is 1. The van der Waals surface area contributed by atoms with Crippen molar-refractivity contribution >= 4 is 16.3 Å². The van der Waals surface area contributed by atoms with E-state index in [1.54, 1.807) is 6.07 Å². The zero-order chi connectivity index (χ0) is 13.6. The summed E-state index contributed by atoms with van der Waals surface area (Å²) >= 11 is 0. The zero-order valence-electron chi connectivity index (χ0n) is 10.7. The fourth-order valence-corrected chi connectivity index (χ4v) is 2.51. The quantitative estimate of drug-likeness (QED) is 0.399. The van der Waals surface area contributed by atoms with Gasteiger partial charge >= 0.3 is 0 Å². The number of nitrogens with zero attached hydrogens (tertiary/aromatic N) is 1. The number of aromatic hydroxyl groups is 2. The Morgan fingerprint density at radius 2 is 2.00 bits per heavy atom. The molecule has 0 aliphatic heterocycles. The molecule has 3 aromatic rings. The number of ether oxygens (including phenoxy) is 1. The van der Waals surface area contributed by atoms with Crippen molar-refractivity contribution in [2.45, 2.75) is 6.92 Å². The topological polar surface area (TPSA) is 53.8 Å². The summed E-state index contributed by atoms with van der Waals surface area (Å²) in [6.07, 6.45) is 3.84. The maximum atomic E-state index is 9.91. The molecule has 0 atom stereocenters. The summed E-state index contributed by atoms with van der Waals surface area (Å²) in [5.41, 5.74) is 2.02. The second-order valence-electron chi connectivity index (χ2n) is 4.49. The molecule has 0 unspecified atom stereocenters. The Morgan fingerprint density at radius 3 is 2.74 bits per heavy atom. The molecular formula is C15H14NO3+. The molecule has 3 rings (SSSR count). The van der Waals surface area contributed by atoms with E-state index in [4.69, 9.17) is 4.74 Å². The highest BCUT2D eigenvalue weighted by Gasteiger charge is 2.19. The first-order valence-corrected chi connectivity index (χ1v) is 5.95. The maximum Gasteiger partial charge on any atom is 0.214 e. The first kappa shape index (κ1) is 11.6. The van der Waals surface area contributed by atoms with Gasteiger partial charge in [-0.05, 0) is 19.1 Å². The summed E-state index contributed by atoms with van der Waals surface area (Å²) in [4.78, 5) is 0. The first-order valence-electron chi connectivity index (χ1n) is 5.95. The zero-order valence-corrected chi connectivity index (χ0v) is 10.7. The maximum absolute atomic E-state index is 9.91. The SMILES string of the molecule is COc1c(O)c(O)cc2c[n+]3ccccc3c(C)c12. The van der Waals surface area contributed by atoms with Gasteiger partial charge in [-0.15, -0.1) is 0 Å². The van der Waals surface area contributed by atoms with Gasteiger partial charge in [0.2, 0.25) is 11.3 Å². The van der Waals surface area contributed by atoms with Crippen LogP contribution in [0, 0.1) is 6.92 Å². The van der Waals surface area contributed by atoms with Gasteiger partial charge in [0.05, 0.1) is 12.5 Å². The van der Waals surface area contributed by atoms with Gasteiger partial charge < -0.3 is 14.9 Å². The van der Waals surface area contributed by atoms with Crippen LogP contribution in [0.3, 0.4) is 0 Å². The van der Waals surface area contributed by atoms with E-state index < -0.39 is 0 Å². The minimum Gasteiger partial charge on any atom is -0.504 e. The highest BCUT2D eigenvalue weighted by molar-refractivity contribution is 5.96. The number of aromatic nitrogens is 1. The van der Waals surface area contributed by atoms with Crippen molar-refractivity contribution < 1.29 is 19.4 Å². The molecule has 0 fully saturated rings. The summed E-state index contributed by atoms with van der Waals surface area (Å²) < 4.78 is 7.23. The third kappa shape index (κ3) is 1.57. The second kappa shape index (κ2) is 4.02. The van der Waals surface area contributed by atoms with E-state index in [0.717, 1.165) is 21.9 Å². The smallest absolute Gasteiger partial charge is 0.214 e. The molecule has 1 aromatic carbocycles. The van der Waals surface area contributed by atoms with Gasteiger partial charge in [0.15, 0.2) is 23.9 Å². The van der Waals surface area contributed by atoms with Crippen LogP contribution in [-0.4, -0.2) is 17.3 Å².